The normalized spacial score (nSPS) is 9.53. The van der Waals surface area contributed by atoms with E-state index >= 15 is 0 Å². The van der Waals surface area contributed by atoms with Crippen molar-refractivity contribution in [1.29, 1.82) is 0 Å². The van der Waals surface area contributed by atoms with Crippen molar-refractivity contribution in [2.75, 3.05) is 0 Å². The van der Waals surface area contributed by atoms with Crippen LogP contribution >= 0.6 is 23.2 Å². The molecule has 0 aliphatic rings. The fourth-order valence-corrected chi connectivity index (χ4v) is 0.991. The molecule has 0 radical (unpaired) electrons. The van der Waals surface area contributed by atoms with Gasteiger partial charge in [0.25, 0.3) is 0 Å². The van der Waals surface area contributed by atoms with Crippen LogP contribution < -0.4 is 4.74 Å². The van der Waals surface area contributed by atoms with Gasteiger partial charge < -0.3 is 4.74 Å². The van der Waals surface area contributed by atoms with Crippen molar-refractivity contribution in [2.24, 2.45) is 0 Å². The number of esters is 1. The highest BCUT2D eigenvalue weighted by molar-refractivity contribution is 6.55. The Morgan fingerprint density at radius 1 is 1.33 bits per heavy atom. The lowest BCUT2D eigenvalue weighted by Gasteiger charge is -2.01. The van der Waals surface area contributed by atoms with Crippen molar-refractivity contribution in [2.45, 2.75) is 6.42 Å². The Labute approximate surface area is 96.2 Å². The maximum atomic E-state index is 12.5. The number of carbonyl (C=O) groups excluding carboxylic acids is 1. The molecule has 0 amide bonds. The number of benzene rings is 1. The number of halogens is 3. The van der Waals surface area contributed by atoms with E-state index in [1.54, 1.807) is 0 Å². The average molecular weight is 249 g/mol. The molecule has 0 fully saturated rings. The van der Waals surface area contributed by atoms with Gasteiger partial charge >= 0.3 is 5.97 Å². The zero-order chi connectivity index (χ0) is 11.3. The third-order valence-electron chi connectivity index (χ3n) is 1.47. The van der Waals surface area contributed by atoms with Crippen LogP contribution in [0.25, 0.3) is 0 Å². The van der Waals surface area contributed by atoms with Gasteiger partial charge in [-0.1, -0.05) is 23.2 Å². The highest BCUT2D eigenvalue weighted by Gasteiger charge is 2.03. The van der Waals surface area contributed by atoms with Gasteiger partial charge in [0.15, 0.2) is 0 Å². The van der Waals surface area contributed by atoms with Gasteiger partial charge in [-0.25, -0.2) is 4.39 Å². The monoisotopic (exact) mass is 248 g/mol. The first-order valence-electron chi connectivity index (χ1n) is 4.05. The van der Waals surface area contributed by atoms with Crippen LogP contribution in [0.1, 0.15) is 6.42 Å². The van der Waals surface area contributed by atoms with Gasteiger partial charge in [0.2, 0.25) is 0 Å². The van der Waals surface area contributed by atoms with E-state index < -0.39 is 11.8 Å². The summed E-state index contributed by atoms with van der Waals surface area (Å²) in [6, 6.07) is 5.12. The Morgan fingerprint density at radius 2 is 1.93 bits per heavy atom. The Balaban J connectivity index is 2.51. The topological polar surface area (TPSA) is 26.3 Å². The molecule has 5 heteroatoms. The van der Waals surface area contributed by atoms with E-state index in [2.05, 4.69) is 0 Å². The first kappa shape index (κ1) is 12.0. The lowest BCUT2D eigenvalue weighted by Crippen LogP contribution is -2.06. The average Bonchev–Trinajstić information content (AvgIpc) is 2.19. The fraction of sp³-hybridized carbons (Fsp3) is 0.100. The second-order valence-electron chi connectivity index (χ2n) is 2.63. The minimum Gasteiger partial charge on any atom is -0.426 e. The third kappa shape index (κ3) is 4.81. The van der Waals surface area contributed by atoms with E-state index in [4.69, 9.17) is 27.9 Å². The number of hydrogen-bond donors (Lipinski definition) is 0. The Bertz CT molecular complexity index is 370. The van der Waals surface area contributed by atoms with Gasteiger partial charge in [0, 0.05) is 0 Å². The van der Waals surface area contributed by atoms with Crippen molar-refractivity contribution < 1.29 is 13.9 Å². The van der Waals surface area contributed by atoms with Crippen molar-refractivity contribution >= 4 is 29.2 Å². The standard InChI is InChI=1S/C10H7Cl2FO2/c11-9(12)5-6-10(14)15-8-3-1-7(13)2-4-8/h1-5H,6H2. The first-order chi connectivity index (χ1) is 7.08. The van der Waals surface area contributed by atoms with Crippen LogP contribution in [0.4, 0.5) is 4.39 Å². The molecule has 0 aromatic heterocycles. The maximum absolute atomic E-state index is 12.5. The van der Waals surface area contributed by atoms with Crippen molar-refractivity contribution in [1.82, 2.24) is 0 Å². The molecule has 2 nitrogen and oxygen atoms in total. The third-order valence-corrected chi connectivity index (χ3v) is 1.78. The summed E-state index contributed by atoms with van der Waals surface area (Å²) in [5.41, 5.74) is 0. The summed E-state index contributed by atoms with van der Waals surface area (Å²) < 4.78 is 17.4. The van der Waals surface area contributed by atoms with Crippen LogP contribution in [-0.2, 0) is 4.79 Å². The van der Waals surface area contributed by atoms with E-state index in [9.17, 15) is 9.18 Å². The summed E-state index contributed by atoms with van der Waals surface area (Å²) in [7, 11) is 0. The second-order valence-corrected chi connectivity index (χ2v) is 3.63. The molecule has 0 spiro atoms. The Kier molecular flexibility index (Phi) is 4.59. The minimum absolute atomic E-state index is 0.00561. The maximum Gasteiger partial charge on any atom is 0.315 e. The van der Waals surface area contributed by atoms with Crippen LogP contribution in [0.15, 0.2) is 34.8 Å². The van der Waals surface area contributed by atoms with Gasteiger partial charge in [0.05, 0.1) is 6.42 Å². The van der Waals surface area contributed by atoms with Crippen LogP contribution in [0, 0.1) is 5.82 Å². The van der Waals surface area contributed by atoms with Crippen LogP contribution in [0.3, 0.4) is 0 Å². The second kappa shape index (κ2) is 5.73. The molecule has 0 bridgehead atoms. The smallest absolute Gasteiger partial charge is 0.315 e. The first-order valence-corrected chi connectivity index (χ1v) is 4.81. The number of carbonyl (C=O) groups is 1. The predicted octanol–water partition coefficient (Wildman–Crippen LogP) is 3.44. The van der Waals surface area contributed by atoms with E-state index in [-0.39, 0.29) is 16.7 Å². The highest BCUT2D eigenvalue weighted by Crippen LogP contribution is 2.13. The summed E-state index contributed by atoms with van der Waals surface area (Å²) in [5, 5.41) is 0. The van der Waals surface area contributed by atoms with Gasteiger partial charge in [0.1, 0.15) is 16.1 Å². The predicted molar refractivity (Wildman–Crippen MR) is 56.4 cm³/mol. The minimum atomic E-state index is -0.514. The summed E-state index contributed by atoms with van der Waals surface area (Å²) >= 11 is 10.6. The van der Waals surface area contributed by atoms with Crippen molar-refractivity contribution in [3.05, 3.63) is 40.7 Å². The zero-order valence-electron chi connectivity index (χ0n) is 7.54. The van der Waals surface area contributed by atoms with Gasteiger partial charge in [-0.3, -0.25) is 4.79 Å². The zero-order valence-corrected chi connectivity index (χ0v) is 9.06. The Hall–Kier alpha value is -1.06. The number of ether oxygens (including phenoxy) is 1. The fourth-order valence-electron chi connectivity index (χ4n) is 0.836. The summed E-state index contributed by atoms with van der Waals surface area (Å²) in [5.74, 6) is -0.626. The molecule has 0 N–H and O–H groups in total. The van der Waals surface area contributed by atoms with E-state index in [0.29, 0.717) is 0 Å². The molecule has 0 heterocycles. The molecule has 0 aliphatic heterocycles. The van der Waals surface area contributed by atoms with Crippen LogP contribution in [-0.4, -0.2) is 5.97 Å². The molecule has 1 aromatic carbocycles. The van der Waals surface area contributed by atoms with E-state index in [0.717, 1.165) is 0 Å². The van der Waals surface area contributed by atoms with Crippen molar-refractivity contribution in [3.8, 4) is 5.75 Å². The lowest BCUT2D eigenvalue weighted by atomic mass is 10.3. The largest absolute Gasteiger partial charge is 0.426 e. The van der Waals surface area contributed by atoms with Gasteiger partial charge in [-0.05, 0) is 30.3 Å². The quantitative estimate of drug-likeness (QED) is 0.605. The molecule has 15 heavy (non-hydrogen) atoms. The van der Waals surface area contributed by atoms with Crippen LogP contribution in [0.5, 0.6) is 5.75 Å². The molecule has 0 aliphatic carbocycles. The number of hydrogen-bond acceptors (Lipinski definition) is 2. The lowest BCUT2D eigenvalue weighted by molar-refractivity contribution is -0.133. The molecule has 80 valence electrons. The summed E-state index contributed by atoms with van der Waals surface area (Å²) in [4.78, 5) is 11.1. The molecular formula is C10H7Cl2FO2. The van der Waals surface area contributed by atoms with E-state index in [1.807, 2.05) is 0 Å². The molecule has 1 aromatic rings. The van der Waals surface area contributed by atoms with Crippen molar-refractivity contribution in [3.63, 3.8) is 0 Å². The molecule has 1 rings (SSSR count). The SMILES string of the molecule is O=C(CC=C(Cl)Cl)Oc1ccc(F)cc1. The molecule has 0 saturated heterocycles. The molecular weight excluding hydrogens is 242 g/mol. The summed E-state index contributed by atoms with van der Waals surface area (Å²) in [6.45, 7) is 0. The molecule has 0 unspecified atom stereocenters. The Morgan fingerprint density at radius 3 is 2.47 bits per heavy atom. The van der Waals surface area contributed by atoms with Gasteiger partial charge in [-0.15, -0.1) is 0 Å². The van der Waals surface area contributed by atoms with Gasteiger partial charge in [-0.2, -0.15) is 0 Å². The number of rotatable bonds is 3. The molecule has 0 saturated carbocycles. The van der Waals surface area contributed by atoms with E-state index in [1.165, 1.54) is 30.3 Å². The van der Waals surface area contributed by atoms with Crippen LogP contribution in [0.2, 0.25) is 0 Å². The molecule has 0 atom stereocenters. The highest BCUT2D eigenvalue weighted by atomic mass is 35.5. The summed E-state index contributed by atoms with van der Waals surface area (Å²) in [6.07, 6.45) is 1.29.